The Hall–Kier alpha value is -0.830. The minimum atomic E-state index is -0.677. The number of allylic oxidation sites excluding steroid dienone is 1. The highest BCUT2D eigenvalue weighted by atomic mass is 16.5. The Morgan fingerprint density at radius 3 is 2.31 bits per heavy atom. The van der Waals surface area contributed by atoms with Crippen LogP contribution in [-0.4, -0.2) is 24.3 Å². The molecule has 0 rings (SSSR count). The molecule has 0 amide bonds. The van der Waals surface area contributed by atoms with Crippen molar-refractivity contribution >= 4 is 5.97 Å². The van der Waals surface area contributed by atoms with Gasteiger partial charge in [-0.25, -0.2) is 0 Å². The molecule has 0 bridgehead atoms. The summed E-state index contributed by atoms with van der Waals surface area (Å²) in [5.41, 5.74) is 0. The molecule has 0 aromatic carbocycles. The van der Waals surface area contributed by atoms with E-state index in [1.807, 2.05) is 20.8 Å². The van der Waals surface area contributed by atoms with Gasteiger partial charge in [0.15, 0.2) is 0 Å². The lowest BCUT2D eigenvalue weighted by molar-refractivity contribution is -0.148. The molecule has 0 saturated carbocycles. The van der Waals surface area contributed by atoms with Crippen LogP contribution in [0.2, 0.25) is 0 Å². The van der Waals surface area contributed by atoms with E-state index >= 15 is 0 Å². The van der Waals surface area contributed by atoms with E-state index in [4.69, 9.17) is 0 Å². The second-order valence-corrected chi connectivity index (χ2v) is 3.31. The highest BCUT2D eigenvalue weighted by Gasteiger charge is 2.26. The lowest BCUT2D eigenvalue weighted by atomic mass is 9.93. The van der Waals surface area contributed by atoms with Crippen LogP contribution in [0.15, 0.2) is 12.2 Å². The maximum Gasteiger partial charge on any atom is 0.315 e. The average Bonchev–Trinajstić information content (AvgIpc) is 2.11. The first-order chi connectivity index (χ1) is 6.04. The topological polar surface area (TPSA) is 46.5 Å². The van der Waals surface area contributed by atoms with E-state index in [1.165, 1.54) is 7.11 Å². The summed E-state index contributed by atoms with van der Waals surface area (Å²) < 4.78 is 4.59. The molecular weight excluding hydrogens is 168 g/mol. The third-order valence-corrected chi connectivity index (χ3v) is 1.92. The van der Waals surface area contributed by atoms with Gasteiger partial charge in [0.2, 0.25) is 0 Å². The maximum atomic E-state index is 11.2. The van der Waals surface area contributed by atoms with E-state index in [1.54, 1.807) is 12.2 Å². The Labute approximate surface area is 79.4 Å². The van der Waals surface area contributed by atoms with Crippen LogP contribution in [-0.2, 0) is 9.53 Å². The van der Waals surface area contributed by atoms with Crippen molar-refractivity contribution < 1.29 is 14.6 Å². The molecule has 3 nitrogen and oxygen atoms in total. The molecule has 0 heterocycles. The number of ether oxygens (including phenoxy) is 1. The summed E-state index contributed by atoms with van der Waals surface area (Å²) in [5, 5.41) is 9.67. The molecule has 0 spiro atoms. The predicted octanol–water partition coefficient (Wildman–Crippen LogP) is 1.37. The van der Waals surface area contributed by atoms with Crippen LogP contribution in [0.3, 0.4) is 0 Å². The summed E-state index contributed by atoms with van der Waals surface area (Å²) in [7, 11) is 1.33. The second-order valence-electron chi connectivity index (χ2n) is 3.31. The van der Waals surface area contributed by atoms with Crippen LogP contribution < -0.4 is 0 Å². The van der Waals surface area contributed by atoms with Crippen molar-refractivity contribution in [2.75, 3.05) is 7.11 Å². The monoisotopic (exact) mass is 186 g/mol. The number of aliphatic hydroxyl groups excluding tert-OH is 1. The van der Waals surface area contributed by atoms with E-state index < -0.39 is 12.0 Å². The Morgan fingerprint density at radius 1 is 1.46 bits per heavy atom. The van der Waals surface area contributed by atoms with E-state index in [2.05, 4.69) is 4.74 Å². The van der Waals surface area contributed by atoms with Crippen LogP contribution >= 0.6 is 0 Å². The van der Waals surface area contributed by atoms with Crippen molar-refractivity contribution in [2.45, 2.75) is 26.9 Å². The number of carbonyl (C=O) groups excluding carboxylic acids is 1. The van der Waals surface area contributed by atoms with Crippen molar-refractivity contribution in [1.29, 1.82) is 0 Å². The fourth-order valence-corrected chi connectivity index (χ4v) is 1.09. The average molecular weight is 186 g/mol. The molecule has 0 aromatic heterocycles. The van der Waals surface area contributed by atoms with Crippen molar-refractivity contribution in [2.24, 2.45) is 11.8 Å². The SMILES string of the molecule is C/C=C/C(C(=O)OC)C(O)C(C)C. The highest BCUT2D eigenvalue weighted by Crippen LogP contribution is 2.15. The molecule has 2 atom stereocenters. The second kappa shape index (κ2) is 5.75. The Kier molecular flexibility index (Phi) is 5.39. The van der Waals surface area contributed by atoms with Gasteiger partial charge in [-0.2, -0.15) is 0 Å². The molecule has 0 aromatic rings. The van der Waals surface area contributed by atoms with Crippen LogP contribution in [0.1, 0.15) is 20.8 Å². The number of carbonyl (C=O) groups is 1. The fraction of sp³-hybridized carbons (Fsp3) is 0.700. The Bertz CT molecular complexity index is 185. The number of esters is 1. The van der Waals surface area contributed by atoms with Crippen LogP contribution in [0, 0.1) is 11.8 Å². The zero-order chi connectivity index (χ0) is 10.4. The van der Waals surface area contributed by atoms with Crippen molar-refractivity contribution in [1.82, 2.24) is 0 Å². The zero-order valence-electron chi connectivity index (χ0n) is 8.65. The summed E-state index contributed by atoms with van der Waals surface area (Å²) in [6, 6.07) is 0. The normalized spacial score (nSPS) is 16.2. The largest absolute Gasteiger partial charge is 0.468 e. The molecule has 2 unspecified atom stereocenters. The molecule has 0 aliphatic rings. The molecule has 3 heteroatoms. The van der Waals surface area contributed by atoms with E-state index in [9.17, 15) is 9.90 Å². The Balaban J connectivity index is 4.50. The highest BCUT2D eigenvalue weighted by molar-refractivity contribution is 5.75. The molecule has 76 valence electrons. The third-order valence-electron chi connectivity index (χ3n) is 1.92. The number of hydrogen-bond acceptors (Lipinski definition) is 3. The molecule has 0 aliphatic carbocycles. The summed E-state index contributed by atoms with van der Waals surface area (Å²) in [6.07, 6.45) is 2.73. The van der Waals surface area contributed by atoms with Gasteiger partial charge in [-0.3, -0.25) is 4.79 Å². The van der Waals surface area contributed by atoms with E-state index in [-0.39, 0.29) is 11.9 Å². The van der Waals surface area contributed by atoms with Gasteiger partial charge >= 0.3 is 5.97 Å². The number of methoxy groups -OCH3 is 1. The summed E-state index contributed by atoms with van der Waals surface area (Å²) >= 11 is 0. The third kappa shape index (κ3) is 3.59. The van der Waals surface area contributed by atoms with Gasteiger partial charge < -0.3 is 9.84 Å². The van der Waals surface area contributed by atoms with Crippen LogP contribution in [0.5, 0.6) is 0 Å². The molecular formula is C10H18O3. The molecule has 0 fully saturated rings. The lowest BCUT2D eigenvalue weighted by Crippen LogP contribution is -2.31. The molecule has 0 aliphatic heterocycles. The van der Waals surface area contributed by atoms with E-state index in [0.29, 0.717) is 0 Å². The van der Waals surface area contributed by atoms with E-state index in [0.717, 1.165) is 0 Å². The number of aliphatic hydroxyl groups is 1. The summed E-state index contributed by atoms with van der Waals surface area (Å²) in [5.74, 6) is -0.894. The first kappa shape index (κ1) is 12.2. The lowest BCUT2D eigenvalue weighted by Gasteiger charge is -2.20. The van der Waals surface area contributed by atoms with Gasteiger partial charge in [0.25, 0.3) is 0 Å². The summed E-state index contributed by atoms with van der Waals surface area (Å²) in [6.45, 7) is 5.54. The van der Waals surface area contributed by atoms with Gasteiger partial charge in [0.1, 0.15) is 5.92 Å². The maximum absolute atomic E-state index is 11.2. The zero-order valence-corrected chi connectivity index (χ0v) is 8.65. The van der Waals surface area contributed by atoms with Crippen LogP contribution in [0.25, 0.3) is 0 Å². The minimum Gasteiger partial charge on any atom is -0.468 e. The Morgan fingerprint density at radius 2 is 2.00 bits per heavy atom. The molecule has 13 heavy (non-hydrogen) atoms. The van der Waals surface area contributed by atoms with Crippen molar-refractivity contribution in [3.8, 4) is 0 Å². The fourth-order valence-electron chi connectivity index (χ4n) is 1.09. The van der Waals surface area contributed by atoms with Gasteiger partial charge in [-0.05, 0) is 12.8 Å². The predicted molar refractivity (Wildman–Crippen MR) is 51.2 cm³/mol. The quantitative estimate of drug-likeness (QED) is 0.533. The van der Waals surface area contributed by atoms with Gasteiger partial charge in [-0.15, -0.1) is 0 Å². The van der Waals surface area contributed by atoms with Gasteiger partial charge in [0, 0.05) is 0 Å². The number of hydrogen-bond donors (Lipinski definition) is 1. The first-order valence-corrected chi connectivity index (χ1v) is 4.43. The number of rotatable bonds is 4. The standard InChI is InChI=1S/C10H18O3/c1-5-6-8(10(12)13-4)9(11)7(2)3/h5-9,11H,1-4H3/b6-5+. The smallest absolute Gasteiger partial charge is 0.315 e. The summed E-state index contributed by atoms with van der Waals surface area (Å²) in [4.78, 5) is 11.2. The molecule has 1 N–H and O–H groups in total. The van der Waals surface area contributed by atoms with Crippen molar-refractivity contribution in [3.05, 3.63) is 12.2 Å². The molecule has 0 radical (unpaired) electrons. The van der Waals surface area contributed by atoms with Crippen LogP contribution in [0.4, 0.5) is 0 Å². The minimum absolute atomic E-state index is 0.0419. The van der Waals surface area contributed by atoms with Crippen molar-refractivity contribution in [3.63, 3.8) is 0 Å². The van der Waals surface area contributed by atoms with Gasteiger partial charge in [0.05, 0.1) is 13.2 Å². The van der Waals surface area contributed by atoms with Gasteiger partial charge in [-0.1, -0.05) is 26.0 Å². The molecule has 0 saturated heterocycles. The first-order valence-electron chi connectivity index (χ1n) is 4.43.